The molecule has 0 fully saturated rings. The summed E-state index contributed by atoms with van der Waals surface area (Å²) in [5.74, 6) is -0.167. The summed E-state index contributed by atoms with van der Waals surface area (Å²) in [4.78, 5) is 14.9. The molecule has 138 valence electrons. The van der Waals surface area contributed by atoms with E-state index in [1.807, 2.05) is 37.3 Å². The Bertz CT molecular complexity index is 910. The second-order valence-corrected chi connectivity index (χ2v) is 6.86. The molecule has 0 unspecified atom stereocenters. The Hall–Kier alpha value is -2.99. The van der Waals surface area contributed by atoms with Crippen LogP contribution in [0.2, 0.25) is 0 Å². The number of nitrogens with zero attached hydrogens (tertiary/aromatic N) is 4. The van der Waals surface area contributed by atoms with Gasteiger partial charge in [0.25, 0.3) is 5.91 Å². The van der Waals surface area contributed by atoms with Crippen LogP contribution in [0.4, 0.5) is 0 Å². The van der Waals surface area contributed by atoms with Crippen LogP contribution in [0.3, 0.4) is 0 Å². The van der Waals surface area contributed by atoms with Crippen LogP contribution in [-0.4, -0.2) is 38.9 Å². The maximum absolute atomic E-state index is 12.4. The summed E-state index contributed by atoms with van der Waals surface area (Å²) in [6.07, 6.45) is 0.908. The Morgan fingerprint density at radius 2 is 1.70 bits per heavy atom. The van der Waals surface area contributed by atoms with E-state index in [4.69, 9.17) is 0 Å². The zero-order chi connectivity index (χ0) is 18.6. The third kappa shape index (κ3) is 3.75. The maximum Gasteiger partial charge on any atom is 0.273 e. The predicted molar refractivity (Wildman–Crippen MR) is 104 cm³/mol. The second kappa shape index (κ2) is 7.72. The number of fused-ring (bicyclic) bond motifs is 1. The van der Waals surface area contributed by atoms with Crippen molar-refractivity contribution >= 4 is 5.91 Å². The summed E-state index contributed by atoms with van der Waals surface area (Å²) in [6.45, 7) is 5.45. The molecule has 0 aliphatic carbocycles. The van der Waals surface area contributed by atoms with Crippen molar-refractivity contribution in [3.05, 3.63) is 77.1 Å². The van der Waals surface area contributed by atoms with Crippen LogP contribution in [0.1, 0.15) is 33.7 Å². The Balaban J connectivity index is 1.28. The molecule has 27 heavy (non-hydrogen) atoms. The molecule has 0 spiro atoms. The monoisotopic (exact) mass is 361 g/mol. The molecule has 4 rings (SSSR count). The average Bonchev–Trinajstić information content (AvgIpc) is 3.29. The number of carbonyl (C=O) groups excluding carboxylic acids is 1. The first-order valence-electron chi connectivity index (χ1n) is 9.27. The first kappa shape index (κ1) is 17.4. The van der Waals surface area contributed by atoms with Gasteiger partial charge in [0.2, 0.25) is 0 Å². The van der Waals surface area contributed by atoms with Gasteiger partial charge in [-0.2, -0.15) is 0 Å². The van der Waals surface area contributed by atoms with E-state index in [1.54, 1.807) is 4.68 Å². The van der Waals surface area contributed by atoms with Gasteiger partial charge in [0, 0.05) is 26.2 Å². The van der Waals surface area contributed by atoms with E-state index >= 15 is 0 Å². The zero-order valence-corrected chi connectivity index (χ0v) is 15.4. The van der Waals surface area contributed by atoms with Gasteiger partial charge in [0.15, 0.2) is 5.69 Å². The van der Waals surface area contributed by atoms with E-state index in [0.29, 0.717) is 12.2 Å². The highest BCUT2D eigenvalue weighted by atomic mass is 16.2. The minimum Gasteiger partial charge on any atom is -0.351 e. The van der Waals surface area contributed by atoms with Gasteiger partial charge in [-0.25, -0.2) is 4.68 Å². The van der Waals surface area contributed by atoms with Crippen LogP contribution in [-0.2, 0) is 13.1 Å². The van der Waals surface area contributed by atoms with E-state index < -0.39 is 0 Å². The van der Waals surface area contributed by atoms with Crippen molar-refractivity contribution in [3.63, 3.8) is 0 Å². The number of rotatable bonds is 6. The first-order valence-corrected chi connectivity index (χ1v) is 9.27. The normalized spacial score (nSPS) is 13.5. The van der Waals surface area contributed by atoms with Crippen molar-refractivity contribution in [2.24, 2.45) is 0 Å². The van der Waals surface area contributed by atoms with Crippen LogP contribution in [0.25, 0.3) is 5.69 Å². The largest absolute Gasteiger partial charge is 0.351 e. The fourth-order valence-electron chi connectivity index (χ4n) is 3.50. The molecule has 0 radical (unpaired) electrons. The number of nitrogens with one attached hydrogen (secondary N) is 1. The van der Waals surface area contributed by atoms with Gasteiger partial charge in [-0.3, -0.25) is 9.69 Å². The molecule has 6 heteroatoms. The molecule has 1 amide bonds. The fourth-order valence-corrected chi connectivity index (χ4v) is 3.50. The Labute approximate surface area is 158 Å². The van der Waals surface area contributed by atoms with E-state index in [1.165, 1.54) is 11.1 Å². The number of hydrogen-bond acceptors (Lipinski definition) is 4. The fraction of sp³-hybridized carbons (Fsp3) is 0.286. The third-order valence-corrected chi connectivity index (χ3v) is 4.95. The lowest BCUT2D eigenvalue weighted by Crippen LogP contribution is -2.28. The van der Waals surface area contributed by atoms with Crippen LogP contribution in [0.5, 0.6) is 0 Å². The molecular formula is C21H23N5O. The molecule has 6 nitrogen and oxygen atoms in total. The molecule has 0 atom stereocenters. The van der Waals surface area contributed by atoms with Crippen molar-refractivity contribution in [3.8, 4) is 5.69 Å². The summed E-state index contributed by atoms with van der Waals surface area (Å²) in [5, 5.41) is 11.2. The van der Waals surface area contributed by atoms with Gasteiger partial charge in [0.1, 0.15) is 0 Å². The molecule has 0 saturated heterocycles. The molecule has 1 aliphatic rings. The summed E-state index contributed by atoms with van der Waals surface area (Å²) >= 11 is 0. The van der Waals surface area contributed by atoms with Gasteiger partial charge < -0.3 is 5.32 Å². The second-order valence-electron chi connectivity index (χ2n) is 6.86. The van der Waals surface area contributed by atoms with Gasteiger partial charge in [-0.05, 0) is 36.6 Å². The lowest BCUT2D eigenvalue weighted by Gasteiger charge is -2.14. The third-order valence-electron chi connectivity index (χ3n) is 4.95. The quantitative estimate of drug-likeness (QED) is 0.686. The van der Waals surface area contributed by atoms with Gasteiger partial charge in [-0.15, -0.1) is 5.10 Å². The van der Waals surface area contributed by atoms with Crippen molar-refractivity contribution in [1.29, 1.82) is 0 Å². The highest BCUT2D eigenvalue weighted by Gasteiger charge is 2.19. The Morgan fingerprint density at radius 1 is 1.04 bits per heavy atom. The van der Waals surface area contributed by atoms with Crippen LogP contribution in [0, 0.1) is 6.92 Å². The summed E-state index contributed by atoms with van der Waals surface area (Å²) in [5.41, 5.74) is 4.85. The highest BCUT2D eigenvalue weighted by molar-refractivity contribution is 5.93. The SMILES string of the molecule is Cc1c(C(=O)NCCCN2Cc3ccccc3C2)nnn1-c1ccccc1. The number of aromatic nitrogens is 3. The number of hydrogen-bond donors (Lipinski definition) is 1. The minimum absolute atomic E-state index is 0.167. The van der Waals surface area contributed by atoms with Gasteiger partial charge in [-0.1, -0.05) is 47.7 Å². The van der Waals surface area contributed by atoms with Crippen molar-refractivity contribution in [2.75, 3.05) is 13.1 Å². The Kier molecular flexibility index (Phi) is 4.98. The number of benzene rings is 2. The number of amides is 1. The van der Waals surface area contributed by atoms with E-state index in [9.17, 15) is 4.79 Å². The van der Waals surface area contributed by atoms with E-state index in [2.05, 4.69) is 44.8 Å². The summed E-state index contributed by atoms with van der Waals surface area (Å²) in [7, 11) is 0. The van der Waals surface area contributed by atoms with Crippen molar-refractivity contribution in [1.82, 2.24) is 25.2 Å². The summed E-state index contributed by atoms with van der Waals surface area (Å²) < 4.78 is 1.69. The zero-order valence-electron chi connectivity index (χ0n) is 15.4. The highest BCUT2D eigenvalue weighted by Crippen LogP contribution is 2.21. The predicted octanol–water partition coefficient (Wildman–Crippen LogP) is 2.71. The lowest BCUT2D eigenvalue weighted by atomic mass is 10.1. The van der Waals surface area contributed by atoms with Crippen LogP contribution in [0.15, 0.2) is 54.6 Å². The van der Waals surface area contributed by atoms with Gasteiger partial charge >= 0.3 is 0 Å². The lowest BCUT2D eigenvalue weighted by molar-refractivity contribution is 0.0946. The first-order chi connectivity index (χ1) is 13.2. The van der Waals surface area contributed by atoms with Gasteiger partial charge in [0.05, 0.1) is 11.4 Å². The topological polar surface area (TPSA) is 63.1 Å². The molecule has 1 N–H and O–H groups in total. The molecule has 2 heterocycles. The summed E-state index contributed by atoms with van der Waals surface area (Å²) in [6, 6.07) is 18.3. The van der Waals surface area contributed by atoms with Crippen molar-refractivity contribution < 1.29 is 4.79 Å². The Morgan fingerprint density at radius 3 is 2.41 bits per heavy atom. The molecular weight excluding hydrogens is 338 g/mol. The minimum atomic E-state index is -0.167. The van der Waals surface area contributed by atoms with E-state index in [0.717, 1.165) is 37.4 Å². The maximum atomic E-state index is 12.4. The van der Waals surface area contributed by atoms with Crippen LogP contribution >= 0.6 is 0 Å². The molecule has 0 saturated carbocycles. The smallest absolute Gasteiger partial charge is 0.273 e. The number of carbonyl (C=O) groups is 1. The molecule has 0 bridgehead atoms. The van der Waals surface area contributed by atoms with Crippen molar-refractivity contribution in [2.45, 2.75) is 26.4 Å². The molecule has 1 aliphatic heterocycles. The molecule has 1 aromatic heterocycles. The van der Waals surface area contributed by atoms with Crippen LogP contribution < -0.4 is 5.32 Å². The number of para-hydroxylation sites is 1. The molecule has 2 aromatic carbocycles. The standard InChI is InChI=1S/C21H23N5O/c1-16-20(23-24-26(16)19-10-3-2-4-11-19)21(27)22-12-7-13-25-14-17-8-5-6-9-18(17)15-25/h2-6,8-11H,7,12-15H2,1H3,(H,22,27). The molecule has 3 aromatic rings. The average molecular weight is 361 g/mol. The van der Waals surface area contributed by atoms with E-state index in [-0.39, 0.29) is 5.91 Å².